The van der Waals surface area contributed by atoms with Gasteiger partial charge in [-0.1, -0.05) is 55.4 Å². The Morgan fingerprint density at radius 3 is 1.26 bits per heavy atom. The van der Waals surface area contributed by atoms with E-state index < -0.39 is 29.1 Å². The maximum Gasteiger partial charge on any atom is 0.265 e. The van der Waals surface area contributed by atoms with Crippen molar-refractivity contribution in [3.05, 3.63) is 139 Å². The summed E-state index contributed by atoms with van der Waals surface area (Å²) in [6, 6.07) is 18.5. The molecule has 6 aromatic rings. The number of nitrogens with zero attached hydrogens (tertiary/aromatic N) is 4. The Hall–Kier alpha value is -7.72. The van der Waals surface area contributed by atoms with Crippen LogP contribution in [0.4, 0.5) is 17.6 Å². The zero-order valence-electron chi connectivity index (χ0n) is 43.2. The van der Waals surface area contributed by atoms with Gasteiger partial charge >= 0.3 is 0 Å². The second-order valence-corrected chi connectivity index (χ2v) is 22.7. The number of phenolic OH excluding ortho intramolecular Hbond substituents is 4. The van der Waals surface area contributed by atoms with E-state index in [1.165, 1.54) is 22.3 Å². The summed E-state index contributed by atoms with van der Waals surface area (Å²) in [7, 11) is 3.37. The van der Waals surface area contributed by atoms with Crippen molar-refractivity contribution in [2.45, 2.75) is 127 Å². The van der Waals surface area contributed by atoms with Gasteiger partial charge in [0, 0.05) is 16.5 Å². The Bertz CT molecular complexity index is 3400. The van der Waals surface area contributed by atoms with E-state index in [-0.39, 0.29) is 55.5 Å². The maximum absolute atomic E-state index is 12.4. The molecule has 2 spiro atoms. The third kappa shape index (κ3) is 7.58. The van der Waals surface area contributed by atoms with E-state index in [2.05, 4.69) is 95.7 Å². The SMILES string of the molecule is CC1(C)CC2(CC(C)(C)c3cc(O)c(O)cc32)c2cc(O)c(O)cc21.COc1cc2c(cc1OC)C1(CC2(C)C)CC(C)(C)c2cc3c(cc21)Oc1c(nc(C)c(C)c1C#N)O3.N#Cc1c(F)c(F)nc(F)c1F. The highest BCUT2D eigenvalue weighted by Gasteiger charge is 2.59. The predicted octanol–water partition coefficient (Wildman–Crippen LogP) is 12.8. The second kappa shape index (κ2) is 16.9. The van der Waals surface area contributed by atoms with Crippen molar-refractivity contribution >= 4 is 0 Å². The lowest BCUT2D eigenvalue weighted by Gasteiger charge is -2.31. The van der Waals surface area contributed by atoms with Crippen LogP contribution in [-0.4, -0.2) is 44.6 Å². The number of benzene rings is 4. The minimum atomic E-state index is -1.83. The summed E-state index contributed by atoms with van der Waals surface area (Å²) in [6.07, 6.45) is 3.55. The smallest absolute Gasteiger partial charge is 0.265 e. The first-order chi connectivity index (χ1) is 34.5. The average Bonchev–Trinajstić information content (AvgIpc) is 3.86. The summed E-state index contributed by atoms with van der Waals surface area (Å²) >= 11 is 0. The number of aromatic nitrogens is 2. The quantitative estimate of drug-likeness (QED) is 0.0729. The van der Waals surface area contributed by atoms with Crippen LogP contribution >= 0.6 is 0 Å². The molecule has 74 heavy (non-hydrogen) atoms. The van der Waals surface area contributed by atoms with Crippen molar-refractivity contribution in [1.82, 2.24) is 9.97 Å². The molecule has 1 aliphatic heterocycles. The highest BCUT2D eigenvalue weighted by atomic mass is 19.2. The van der Waals surface area contributed by atoms with E-state index in [1.807, 2.05) is 13.8 Å². The fraction of sp³-hybridized carbons (Fsp3) is 0.379. The van der Waals surface area contributed by atoms with Crippen LogP contribution in [0.2, 0.25) is 0 Å². The van der Waals surface area contributed by atoms with Crippen molar-refractivity contribution in [2.24, 2.45) is 0 Å². The molecule has 4 aromatic carbocycles. The number of rotatable bonds is 2. The Morgan fingerprint density at radius 2 is 0.838 bits per heavy atom. The third-order valence-corrected chi connectivity index (χ3v) is 16.0. The molecule has 0 saturated carbocycles. The topological polar surface area (TPSA) is 191 Å². The normalized spacial score (nSPS) is 19.3. The van der Waals surface area contributed by atoms with Crippen LogP contribution in [0.5, 0.6) is 57.6 Å². The van der Waals surface area contributed by atoms with E-state index in [0.717, 1.165) is 76.8 Å². The summed E-state index contributed by atoms with van der Waals surface area (Å²) in [6.45, 7) is 21.6. The molecule has 0 amide bonds. The van der Waals surface area contributed by atoms with Gasteiger partial charge in [0.15, 0.2) is 57.6 Å². The number of hydrogen-bond donors (Lipinski definition) is 4. The van der Waals surface area contributed by atoms with E-state index in [1.54, 1.807) is 38.5 Å². The molecule has 16 heteroatoms. The lowest BCUT2D eigenvalue weighted by atomic mass is 9.72. The number of ether oxygens (including phenoxy) is 4. The molecule has 1 atom stereocenters. The van der Waals surface area contributed by atoms with Gasteiger partial charge in [-0.05, 0) is 160 Å². The largest absolute Gasteiger partial charge is 0.504 e. The Balaban J connectivity index is 0.000000156. The first-order valence-corrected chi connectivity index (χ1v) is 24.0. The summed E-state index contributed by atoms with van der Waals surface area (Å²) in [5.74, 6) is -4.16. The Kier molecular flexibility index (Phi) is 11.7. The van der Waals surface area contributed by atoms with Gasteiger partial charge in [-0.3, -0.25) is 0 Å². The van der Waals surface area contributed by atoms with E-state index in [4.69, 9.17) is 24.2 Å². The molecular formula is C58H56F4N4O8. The van der Waals surface area contributed by atoms with Crippen LogP contribution in [0.1, 0.15) is 148 Å². The van der Waals surface area contributed by atoms with Crippen LogP contribution in [0, 0.1) is 60.0 Å². The number of fused-ring (bicyclic) bond motifs is 10. The molecule has 384 valence electrons. The van der Waals surface area contributed by atoms with Crippen LogP contribution in [0.25, 0.3) is 0 Å². The van der Waals surface area contributed by atoms with Gasteiger partial charge in [0.25, 0.3) is 17.8 Å². The number of halogens is 4. The molecule has 3 heterocycles. The molecule has 5 aliphatic rings. The first-order valence-electron chi connectivity index (χ1n) is 24.0. The summed E-state index contributed by atoms with van der Waals surface area (Å²) < 4.78 is 73.2. The van der Waals surface area contributed by atoms with Crippen molar-refractivity contribution in [2.75, 3.05) is 14.2 Å². The zero-order chi connectivity index (χ0) is 54.2. The van der Waals surface area contributed by atoms with Crippen LogP contribution in [0.15, 0.2) is 48.5 Å². The molecule has 0 fully saturated rings. The van der Waals surface area contributed by atoms with Gasteiger partial charge in [0.1, 0.15) is 23.3 Å². The molecule has 4 N–H and O–H groups in total. The fourth-order valence-electron chi connectivity index (χ4n) is 13.0. The fourth-order valence-corrected chi connectivity index (χ4v) is 13.0. The van der Waals surface area contributed by atoms with E-state index >= 15 is 0 Å². The van der Waals surface area contributed by atoms with Gasteiger partial charge in [-0.2, -0.15) is 24.3 Å². The van der Waals surface area contributed by atoms with Gasteiger partial charge in [-0.15, -0.1) is 0 Å². The molecule has 2 aromatic heterocycles. The van der Waals surface area contributed by atoms with Crippen molar-refractivity contribution < 1.29 is 56.9 Å². The lowest BCUT2D eigenvalue weighted by Crippen LogP contribution is -2.27. The number of pyridine rings is 2. The minimum absolute atomic E-state index is 0.0566. The number of aromatic hydroxyl groups is 4. The zero-order valence-corrected chi connectivity index (χ0v) is 43.2. The molecule has 0 saturated heterocycles. The second-order valence-electron chi connectivity index (χ2n) is 22.7. The Labute approximate surface area is 426 Å². The number of methoxy groups -OCH3 is 2. The molecular weight excluding hydrogens is 957 g/mol. The van der Waals surface area contributed by atoms with Crippen LogP contribution < -0.4 is 18.9 Å². The summed E-state index contributed by atoms with van der Waals surface area (Å²) in [5.41, 5.74) is 8.80. The number of nitriles is 2. The van der Waals surface area contributed by atoms with Crippen molar-refractivity contribution in [3.8, 4) is 69.8 Å². The van der Waals surface area contributed by atoms with Gasteiger partial charge < -0.3 is 39.4 Å². The average molecular weight is 1010 g/mol. The summed E-state index contributed by atoms with van der Waals surface area (Å²) in [4.78, 5) is 6.83. The van der Waals surface area contributed by atoms with Gasteiger partial charge in [0.2, 0.25) is 5.75 Å². The highest BCUT2D eigenvalue weighted by Crippen LogP contribution is 2.67. The molecule has 1 unspecified atom stereocenters. The highest BCUT2D eigenvalue weighted by molar-refractivity contribution is 5.69. The van der Waals surface area contributed by atoms with E-state index in [9.17, 15) is 43.2 Å². The van der Waals surface area contributed by atoms with Crippen LogP contribution in [-0.2, 0) is 32.5 Å². The number of hydrogen-bond acceptors (Lipinski definition) is 12. The standard InChI is InChI=1S/C31H32N2O4.C21H24O4.C6F4N2/c1-16-17(2)33-28-27(18(16)13-32)36-25-12-22-20(10-26(25)37-28)30(5,6)15-31(22)14-29(3,4)19-9-23(34-7)24(35-8)11-21(19)31;1-19(2)9-21(13-7-17(24)15(22)5-11(13)19)10-20(3,4)12-6-16(23)18(25)8-14(12)21;7-3-2(1-11)4(8)6(10)12-5(3)9/h9-12H,14-15H2,1-8H3;5-8,22-25H,9-10H2,1-4H3;. The predicted molar refractivity (Wildman–Crippen MR) is 265 cm³/mol. The lowest BCUT2D eigenvalue weighted by molar-refractivity contribution is 0.343. The molecule has 0 radical (unpaired) electrons. The summed E-state index contributed by atoms with van der Waals surface area (Å²) in [5, 5.41) is 58.2. The number of aryl methyl sites for hydroxylation is 1. The third-order valence-electron chi connectivity index (χ3n) is 16.0. The number of phenols is 4. The first kappa shape index (κ1) is 51.2. The molecule has 11 rings (SSSR count). The molecule has 12 nitrogen and oxygen atoms in total. The van der Waals surface area contributed by atoms with E-state index in [0.29, 0.717) is 28.7 Å². The monoisotopic (exact) mass is 1010 g/mol. The van der Waals surface area contributed by atoms with Gasteiger partial charge in [-0.25, -0.2) is 13.8 Å². The molecule has 0 bridgehead atoms. The maximum atomic E-state index is 12.4. The van der Waals surface area contributed by atoms with Crippen molar-refractivity contribution in [1.29, 1.82) is 10.5 Å². The minimum Gasteiger partial charge on any atom is -0.504 e. The Morgan fingerprint density at radius 1 is 0.500 bits per heavy atom. The van der Waals surface area contributed by atoms with Crippen LogP contribution in [0.3, 0.4) is 0 Å². The van der Waals surface area contributed by atoms with Gasteiger partial charge in [0.05, 0.1) is 14.2 Å². The van der Waals surface area contributed by atoms with Crippen molar-refractivity contribution in [3.63, 3.8) is 0 Å². The molecule has 4 aliphatic carbocycles.